The lowest BCUT2D eigenvalue weighted by molar-refractivity contribution is -0.275. The number of phenolic OH excluding ortho intramolecular Hbond substituents is 1. The molecule has 1 saturated heterocycles. The van der Waals surface area contributed by atoms with Gasteiger partial charge in [-0.15, -0.1) is 0 Å². The maximum Gasteiger partial charge on any atom is 0.356 e. The minimum atomic E-state index is -1.29. The predicted molar refractivity (Wildman–Crippen MR) is 141 cm³/mol. The van der Waals surface area contributed by atoms with Crippen molar-refractivity contribution in [2.75, 3.05) is 26.7 Å². The summed E-state index contributed by atoms with van der Waals surface area (Å²) in [5.74, 6) is -0.299. The Bertz CT molecular complexity index is 1450. The van der Waals surface area contributed by atoms with Crippen LogP contribution in [0.2, 0.25) is 0 Å². The lowest BCUT2D eigenvalue weighted by Gasteiger charge is -2.74. The van der Waals surface area contributed by atoms with Crippen LogP contribution in [0.1, 0.15) is 70.6 Å². The molecule has 10 heteroatoms. The molecule has 7 aliphatic rings. The summed E-state index contributed by atoms with van der Waals surface area (Å²) in [4.78, 5) is 35.5. The molecule has 5 aliphatic carbocycles. The van der Waals surface area contributed by atoms with Crippen molar-refractivity contribution >= 4 is 11.9 Å². The van der Waals surface area contributed by atoms with Crippen LogP contribution in [-0.2, 0) is 16.6 Å². The third-order valence-electron chi connectivity index (χ3n) is 11.4. The normalized spacial score (nSPS) is 36.6. The average molecular weight is 547 g/mol. The number of ether oxygens (including phenoxy) is 2. The largest absolute Gasteiger partial charge is 0.504 e. The van der Waals surface area contributed by atoms with E-state index in [0.29, 0.717) is 18.3 Å². The SMILES string of the molecule is COC12CC[C@@]3(C[C@@H]1CNC(=O)c1nccnc1C(=O)O)[C@H]1Cc4ccc(O)c5c4[C@@]3(CCN1CC1CC1)[C@H]2O5. The zero-order valence-electron chi connectivity index (χ0n) is 22.6. The third-order valence-corrected chi connectivity index (χ3v) is 11.4. The molecule has 4 saturated carbocycles. The molecule has 3 heterocycles. The molecule has 0 radical (unpaired) electrons. The summed E-state index contributed by atoms with van der Waals surface area (Å²) >= 11 is 0. The second-order valence-electron chi connectivity index (χ2n) is 12.8. The number of rotatable bonds is 7. The van der Waals surface area contributed by atoms with Crippen molar-refractivity contribution in [2.24, 2.45) is 17.3 Å². The van der Waals surface area contributed by atoms with Gasteiger partial charge >= 0.3 is 5.97 Å². The molecule has 4 bridgehead atoms. The molecular formula is C30H34N4O6. The number of aromatic nitrogens is 2. The number of likely N-dealkylation sites (tertiary alicyclic amines) is 1. The zero-order chi connectivity index (χ0) is 27.4. The van der Waals surface area contributed by atoms with Gasteiger partial charge in [0.25, 0.3) is 5.91 Å². The number of amides is 1. The Morgan fingerprint density at radius 1 is 1.18 bits per heavy atom. The lowest BCUT2D eigenvalue weighted by atomic mass is 9.35. The number of carboxylic acid groups (broad SMARTS) is 1. The quantitative estimate of drug-likeness (QED) is 0.479. The van der Waals surface area contributed by atoms with E-state index in [9.17, 15) is 19.8 Å². The number of benzene rings is 1. The number of hydrogen-bond donors (Lipinski definition) is 3. The van der Waals surface area contributed by atoms with Gasteiger partial charge in [0.1, 0.15) is 11.7 Å². The van der Waals surface area contributed by atoms with Crippen LogP contribution < -0.4 is 10.1 Å². The van der Waals surface area contributed by atoms with E-state index in [-0.39, 0.29) is 40.0 Å². The minimum absolute atomic E-state index is 0.0559. The van der Waals surface area contributed by atoms with Crippen LogP contribution in [0, 0.1) is 17.3 Å². The Kier molecular flexibility index (Phi) is 5.01. The van der Waals surface area contributed by atoms with Gasteiger partial charge in [0.05, 0.1) is 0 Å². The fourth-order valence-corrected chi connectivity index (χ4v) is 9.75. The van der Waals surface area contributed by atoms with Gasteiger partial charge in [0.2, 0.25) is 0 Å². The molecule has 210 valence electrons. The number of piperidine rings is 1. The summed E-state index contributed by atoms with van der Waals surface area (Å²) in [6, 6.07) is 4.24. The first-order valence-electron chi connectivity index (χ1n) is 14.5. The topological polar surface area (TPSA) is 134 Å². The first kappa shape index (κ1) is 24.5. The highest BCUT2D eigenvalue weighted by Gasteiger charge is 2.80. The van der Waals surface area contributed by atoms with Crippen molar-refractivity contribution in [1.29, 1.82) is 0 Å². The summed E-state index contributed by atoms with van der Waals surface area (Å²) in [7, 11) is 1.74. The first-order chi connectivity index (χ1) is 19.3. The molecule has 2 spiro atoms. The van der Waals surface area contributed by atoms with Crippen molar-refractivity contribution in [1.82, 2.24) is 20.2 Å². The second kappa shape index (κ2) is 8.16. The molecule has 9 rings (SSSR count). The van der Waals surface area contributed by atoms with Crippen molar-refractivity contribution in [3.8, 4) is 11.5 Å². The fourth-order valence-electron chi connectivity index (χ4n) is 9.75. The van der Waals surface area contributed by atoms with Crippen LogP contribution in [0.5, 0.6) is 11.5 Å². The highest BCUT2D eigenvalue weighted by molar-refractivity contribution is 6.01. The third kappa shape index (κ3) is 2.91. The van der Waals surface area contributed by atoms with E-state index in [0.717, 1.165) is 51.1 Å². The molecule has 5 fully saturated rings. The van der Waals surface area contributed by atoms with E-state index in [2.05, 4.69) is 26.3 Å². The number of carboxylic acids is 1. The number of methoxy groups -OCH3 is 1. The maximum absolute atomic E-state index is 13.2. The van der Waals surface area contributed by atoms with Gasteiger partial charge in [-0.25, -0.2) is 14.8 Å². The monoisotopic (exact) mass is 546 g/mol. The molecular weight excluding hydrogens is 512 g/mol. The highest BCUT2D eigenvalue weighted by Crippen LogP contribution is 2.76. The average Bonchev–Trinajstić information content (AvgIpc) is 3.71. The Morgan fingerprint density at radius 2 is 1.98 bits per heavy atom. The number of aromatic hydroxyl groups is 1. The first-order valence-corrected chi connectivity index (χ1v) is 14.5. The second-order valence-corrected chi connectivity index (χ2v) is 12.8. The summed E-state index contributed by atoms with van der Waals surface area (Å²) < 4.78 is 13.3. The molecule has 1 aromatic heterocycles. The van der Waals surface area contributed by atoms with E-state index in [1.54, 1.807) is 13.2 Å². The van der Waals surface area contributed by atoms with Crippen LogP contribution in [0.4, 0.5) is 0 Å². The van der Waals surface area contributed by atoms with Crippen molar-refractivity contribution < 1.29 is 29.3 Å². The van der Waals surface area contributed by atoms with Crippen LogP contribution in [-0.4, -0.2) is 81.4 Å². The smallest absolute Gasteiger partial charge is 0.356 e. The molecule has 1 aromatic carbocycles. The number of phenols is 1. The van der Waals surface area contributed by atoms with Crippen LogP contribution >= 0.6 is 0 Å². The van der Waals surface area contributed by atoms with Gasteiger partial charge in [-0.3, -0.25) is 9.69 Å². The van der Waals surface area contributed by atoms with Crippen molar-refractivity contribution in [2.45, 2.75) is 68.1 Å². The number of fused-ring (bicyclic) bond motifs is 2. The number of carbonyl (C=O) groups is 2. The summed E-state index contributed by atoms with van der Waals surface area (Å²) in [6.07, 6.45) is 9.54. The number of nitrogens with one attached hydrogen (secondary N) is 1. The molecule has 6 atom stereocenters. The summed E-state index contributed by atoms with van der Waals surface area (Å²) in [5.41, 5.74) is 0.977. The van der Waals surface area contributed by atoms with Gasteiger partial charge in [-0.05, 0) is 69.0 Å². The van der Waals surface area contributed by atoms with Crippen LogP contribution in [0.25, 0.3) is 0 Å². The van der Waals surface area contributed by atoms with Gasteiger partial charge in [-0.1, -0.05) is 6.07 Å². The van der Waals surface area contributed by atoms with Gasteiger partial charge in [-0.2, -0.15) is 0 Å². The number of hydrogen-bond acceptors (Lipinski definition) is 8. The molecule has 1 amide bonds. The number of aromatic carboxylic acids is 1. The minimum Gasteiger partial charge on any atom is -0.504 e. The van der Waals surface area contributed by atoms with Gasteiger partial charge < -0.3 is 25.0 Å². The Hall–Kier alpha value is -3.24. The molecule has 1 unspecified atom stereocenters. The van der Waals surface area contributed by atoms with E-state index in [1.807, 2.05) is 0 Å². The Balaban J connectivity index is 1.20. The van der Waals surface area contributed by atoms with Crippen molar-refractivity contribution in [3.63, 3.8) is 0 Å². The Labute approximate surface area is 232 Å². The van der Waals surface area contributed by atoms with Crippen molar-refractivity contribution in [3.05, 3.63) is 47.0 Å². The molecule has 40 heavy (non-hydrogen) atoms. The summed E-state index contributed by atoms with van der Waals surface area (Å²) in [6.45, 7) is 2.46. The summed E-state index contributed by atoms with van der Waals surface area (Å²) in [5, 5.41) is 23.5. The standard InChI is InChI=1S/C30H34N4O6/c1-39-30-7-6-28(13-18(30)14-33-25(36)22-23(26(37)38)32-10-9-31-22)20-12-17-4-5-19(35)24-21(17)29(28,27(30)40-24)8-11-34(20)15-16-2-3-16/h4-5,9-10,16,18,20,27,35H,2-3,6-8,11-15H2,1H3,(H,33,36)(H,37,38)/t18-,20-,27-,28-,29+,30?/m1/s1. The van der Waals surface area contributed by atoms with Crippen LogP contribution in [0.3, 0.4) is 0 Å². The maximum atomic E-state index is 13.2. The zero-order valence-corrected chi connectivity index (χ0v) is 22.6. The number of carbonyl (C=O) groups excluding carboxylic acids is 1. The predicted octanol–water partition coefficient (Wildman–Crippen LogP) is 2.53. The lowest BCUT2D eigenvalue weighted by Crippen LogP contribution is -2.81. The fraction of sp³-hybridized carbons (Fsp3) is 0.600. The van der Waals surface area contributed by atoms with Gasteiger partial charge in [0.15, 0.2) is 22.9 Å². The molecule has 2 aliphatic heterocycles. The van der Waals surface area contributed by atoms with E-state index < -0.39 is 17.5 Å². The van der Waals surface area contributed by atoms with E-state index in [1.165, 1.54) is 36.4 Å². The molecule has 10 nitrogen and oxygen atoms in total. The van der Waals surface area contributed by atoms with Crippen LogP contribution in [0.15, 0.2) is 24.5 Å². The van der Waals surface area contributed by atoms with E-state index in [4.69, 9.17) is 9.47 Å². The highest BCUT2D eigenvalue weighted by atomic mass is 16.6. The molecule has 2 aromatic rings. The van der Waals surface area contributed by atoms with E-state index >= 15 is 0 Å². The number of nitrogens with zero attached hydrogens (tertiary/aromatic N) is 3. The molecule has 3 N–H and O–H groups in total. The van der Waals surface area contributed by atoms with Gasteiger partial charge in [0, 0.05) is 60.9 Å². The Morgan fingerprint density at radius 3 is 2.73 bits per heavy atom.